The zero-order valence-corrected chi connectivity index (χ0v) is 4.21. The van der Waals surface area contributed by atoms with Crippen LogP contribution in [0.3, 0.4) is 0 Å². The van der Waals surface area contributed by atoms with E-state index in [4.69, 9.17) is 0 Å². The second-order valence-corrected chi connectivity index (χ2v) is 1.50. The number of hydrogen-bond donors (Lipinski definition) is 2. The molecule has 1 amide bonds. The van der Waals surface area contributed by atoms with Crippen LogP contribution in [0.5, 0.6) is 0 Å². The molecule has 1 heterocycles. The van der Waals surface area contributed by atoms with Gasteiger partial charge in [-0.3, -0.25) is 4.79 Å². The highest BCUT2D eigenvalue weighted by molar-refractivity contribution is 7.82. The van der Waals surface area contributed by atoms with Crippen molar-refractivity contribution in [1.29, 1.82) is 0 Å². The predicted octanol–water partition coefficient (Wildman–Crippen LogP) is -0.848. The molecule has 1 radical (unpaired) electrons. The van der Waals surface area contributed by atoms with Gasteiger partial charge in [0.05, 0.1) is 0 Å². The summed E-state index contributed by atoms with van der Waals surface area (Å²) in [6.45, 7) is 1.41. The molecule has 0 aromatic heterocycles. The van der Waals surface area contributed by atoms with Crippen molar-refractivity contribution in [3.8, 4) is 0 Å². The zero-order chi connectivity index (χ0) is 5.28. The van der Waals surface area contributed by atoms with Gasteiger partial charge in [-0.2, -0.15) is 0 Å². The summed E-state index contributed by atoms with van der Waals surface area (Å²) in [6.07, 6.45) is 0. The quantitative estimate of drug-likeness (QED) is 0.404. The lowest BCUT2D eigenvalue weighted by Crippen LogP contribution is -2.17. The molecule has 1 rings (SSSR count). The normalized spacial score (nSPS) is 18.9. The molecular formula is C3H3N2OS. The Labute approximate surface area is 46.1 Å². The van der Waals surface area contributed by atoms with Gasteiger partial charge in [0.1, 0.15) is 6.67 Å². The van der Waals surface area contributed by atoms with Crippen molar-refractivity contribution in [2.45, 2.75) is 0 Å². The number of hydrogen-bond acceptors (Lipinski definition) is 2. The molecule has 1 fully saturated rings. The van der Waals surface area contributed by atoms with E-state index in [1.54, 1.807) is 0 Å². The van der Waals surface area contributed by atoms with E-state index in [-0.39, 0.29) is 10.9 Å². The van der Waals surface area contributed by atoms with Gasteiger partial charge >= 0.3 is 0 Å². The Morgan fingerprint density at radius 1 is 1.57 bits per heavy atom. The first-order valence-electron chi connectivity index (χ1n) is 1.74. The summed E-state index contributed by atoms with van der Waals surface area (Å²) in [5.74, 6) is -0.227. The summed E-state index contributed by atoms with van der Waals surface area (Å²) >= 11 is 4.49. The zero-order valence-electron chi connectivity index (χ0n) is 3.39. The number of thiocarbonyl (C=S) groups is 1. The minimum atomic E-state index is -0.227. The molecular weight excluding hydrogens is 112 g/mol. The topological polar surface area (TPSA) is 41.1 Å². The van der Waals surface area contributed by atoms with Gasteiger partial charge in [0.25, 0.3) is 5.91 Å². The second kappa shape index (κ2) is 1.46. The van der Waals surface area contributed by atoms with Gasteiger partial charge in [0, 0.05) is 0 Å². The van der Waals surface area contributed by atoms with Crippen LogP contribution in [-0.2, 0) is 4.79 Å². The lowest BCUT2D eigenvalue weighted by molar-refractivity contribution is -0.113. The molecule has 1 saturated heterocycles. The summed E-state index contributed by atoms with van der Waals surface area (Å²) in [5.41, 5.74) is 0. The predicted molar refractivity (Wildman–Crippen MR) is 28.2 cm³/mol. The minimum absolute atomic E-state index is 0.227. The molecule has 4 heteroatoms. The summed E-state index contributed by atoms with van der Waals surface area (Å²) in [7, 11) is 0. The summed E-state index contributed by atoms with van der Waals surface area (Å²) in [6, 6.07) is 0. The van der Waals surface area contributed by atoms with Gasteiger partial charge in [-0.15, -0.1) is 0 Å². The van der Waals surface area contributed by atoms with Crippen LogP contribution in [0.15, 0.2) is 0 Å². The Kier molecular flexibility index (Phi) is 0.941. The van der Waals surface area contributed by atoms with Crippen LogP contribution >= 0.6 is 12.2 Å². The first-order valence-corrected chi connectivity index (χ1v) is 2.14. The van der Waals surface area contributed by atoms with Crippen LogP contribution in [0.4, 0.5) is 0 Å². The SMILES string of the molecule is O=C1N[CH]NC1=S. The molecule has 0 aliphatic carbocycles. The summed E-state index contributed by atoms with van der Waals surface area (Å²) in [4.78, 5) is 10.5. The third-order valence-corrected chi connectivity index (χ3v) is 0.916. The fraction of sp³-hybridized carbons (Fsp3) is 0. The Balaban J connectivity index is 2.65. The molecule has 0 spiro atoms. The monoisotopic (exact) mass is 115 g/mol. The highest BCUT2D eigenvalue weighted by atomic mass is 32.1. The Hall–Kier alpha value is -0.640. The van der Waals surface area contributed by atoms with Gasteiger partial charge < -0.3 is 10.6 Å². The Bertz CT molecular complexity index is 108. The van der Waals surface area contributed by atoms with E-state index in [9.17, 15) is 4.79 Å². The lowest BCUT2D eigenvalue weighted by atomic mass is 10.7. The van der Waals surface area contributed by atoms with Crippen LogP contribution in [0, 0.1) is 6.67 Å². The van der Waals surface area contributed by atoms with Crippen LogP contribution < -0.4 is 10.6 Å². The van der Waals surface area contributed by atoms with E-state index >= 15 is 0 Å². The molecule has 1 aliphatic heterocycles. The van der Waals surface area contributed by atoms with Gasteiger partial charge in [0.2, 0.25) is 0 Å². The highest BCUT2D eigenvalue weighted by Gasteiger charge is 2.13. The van der Waals surface area contributed by atoms with Crippen molar-refractivity contribution < 1.29 is 4.79 Å². The average molecular weight is 115 g/mol. The van der Waals surface area contributed by atoms with Crippen molar-refractivity contribution in [2.24, 2.45) is 0 Å². The van der Waals surface area contributed by atoms with Gasteiger partial charge in [0.15, 0.2) is 4.99 Å². The van der Waals surface area contributed by atoms with Crippen LogP contribution in [0.2, 0.25) is 0 Å². The maximum absolute atomic E-state index is 10.2. The van der Waals surface area contributed by atoms with Crippen LogP contribution in [0.25, 0.3) is 0 Å². The smallest absolute Gasteiger partial charge is 0.280 e. The van der Waals surface area contributed by atoms with Gasteiger partial charge in [-0.25, -0.2) is 0 Å². The van der Waals surface area contributed by atoms with Gasteiger partial charge in [-0.05, 0) is 0 Å². The highest BCUT2D eigenvalue weighted by Crippen LogP contribution is 1.81. The van der Waals surface area contributed by atoms with Crippen molar-refractivity contribution in [3.63, 3.8) is 0 Å². The molecule has 3 nitrogen and oxygen atoms in total. The number of rotatable bonds is 0. The molecule has 7 heavy (non-hydrogen) atoms. The molecule has 37 valence electrons. The van der Waals surface area contributed by atoms with E-state index in [0.29, 0.717) is 0 Å². The maximum Gasteiger partial charge on any atom is 0.280 e. The largest absolute Gasteiger partial charge is 0.349 e. The fourth-order valence-corrected chi connectivity index (χ4v) is 0.416. The summed E-state index contributed by atoms with van der Waals surface area (Å²) < 4.78 is 0. The minimum Gasteiger partial charge on any atom is -0.349 e. The standard InChI is InChI=1S/C3H3N2OS/c6-2-3(7)5-1-4-2/h1H,(H,4,6)(H,5,7). The van der Waals surface area contributed by atoms with Gasteiger partial charge in [-0.1, -0.05) is 12.2 Å². The van der Waals surface area contributed by atoms with E-state index in [1.165, 1.54) is 6.67 Å². The van der Waals surface area contributed by atoms with Crippen molar-refractivity contribution in [3.05, 3.63) is 6.67 Å². The first-order chi connectivity index (χ1) is 3.30. The summed E-state index contributed by atoms with van der Waals surface area (Å²) in [5, 5.41) is 4.87. The maximum atomic E-state index is 10.2. The van der Waals surface area contributed by atoms with E-state index in [2.05, 4.69) is 22.9 Å². The lowest BCUT2D eigenvalue weighted by Gasteiger charge is -1.79. The Morgan fingerprint density at radius 3 is 2.43 bits per heavy atom. The average Bonchev–Trinajstić information content (AvgIpc) is 1.91. The molecule has 0 aromatic carbocycles. The third kappa shape index (κ3) is 0.691. The number of amides is 1. The number of carbonyl (C=O) groups excluding carboxylic acids is 1. The van der Waals surface area contributed by atoms with E-state index in [1.807, 2.05) is 0 Å². The molecule has 2 N–H and O–H groups in total. The van der Waals surface area contributed by atoms with Crippen LogP contribution in [-0.4, -0.2) is 10.9 Å². The molecule has 0 saturated carbocycles. The molecule has 0 aromatic rings. The van der Waals surface area contributed by atoms with Crippen molar-refractivity contribution in [2.75, 3.05) is 0 Å². The van der Waals surface area contributed by atoms with Crippen molar-refractivity contribution >= 4 is 23.1 Å². The molecule has 0 bridgehead atoms. The Morgan fingerprint density at radius 2 is 2.29 bits per heavy atom. The van der Waals surface area contributed by atoms with Crippen molar-refractivity contribution in [1.82, 2.24) is 10.6 Å². The number of nitrogens with one attached hydrogen (secondary N) is 2. The van der Waals surface area contributed by atoms with E-state index < -0.39 is 0 Å². The fourth-order valence-electron chi connectivity index (χ4n) is 0.298. The number of carbonyl (C=O) groups is 1. The van der Waals surface area contributed by atoms with Crippen LogP contribution in [0.1, 0.15) is 0 Å². The second-order valence-electron chi connectivity index (χ2n) is 1.09. The first kappa shape index (κ1) is 4.52. The van der Waals surface area contributed by atoms with E-state index in [0.717, 1.165) is 0 Å². The molecule has 0 unspecified atom stereocenters. The molecule has 1 aliphatic rings. The third-order valence-electron chi connectivity index (χ3n) is 0.613. The molecule has 0 atom stereocenters.